The summed E-state index contributed by atoms with van der Waals surface area (Å²) in [6, 6.07) is 15.8. The number of amides is 2. The van der Waals surface area contributed by atoms with Gasteiger partial charge in [-0.15, -0.1) is 5.10 Å². The first-order chi connectivity index (χ1) is 14.9. The van der Waals surface area contributed by atoms with Crippen LogP contribution in [0.25, 0.3) is 5.69 Å². The third-order valence-electron chi connectivity index (χ3n) is 4.92. The Morgan fingerprint density at radius 2 is 1.81 bits per heavy atom. The maximum absolute atomic E-state index is 12.9. The summed E-state index contributed by atoms with van der Waals surface area (Å²) in [4.78, 5) is 40.4. The summed E-state index contributed by atoms with van der Waals surface area (Å²) < 4.78 is 5.25. The second kappa shape index (κ2) is 8.39. The van der Waals surface area contributed by atoms with Gasteiger partial charge in [0.2, 0.25) is 5.91 Å². The van der Waals surface area contributed by atoms with Gasteiger partial charge in [0.15, 0.2) is 12.3 Å². The number of carbonyl (C=O) groups excluding carboxylic acids is 3. The van der Waals surface area contributed by atoms with Gasteiger partial charge in [-0.2, -0.15) is 9.90 Å². The van der Waals surface area contributed by atoms with Gasteiger partial charge in [0.1, 0.15) is 0 Å². The van der Waals surface area contributed by atoms with E-state index in [-0.39, 0.29) is 18.0 Å². The van der Waals surface area contributed by atoms with Crippen molar-refractivity contribution < 1.29 is 19.1 Å². The van der Waals surface area contributed by atoms with Crippen molar-refractivity contribution in [2.45, 2.75) is 26.3 Å². The zero-order chi connectivity index (χ0) is 22.0. The monoisotopic (exact) mass is 419 g/mol. The van der Waals surface area contributed by atoms with E-state index in [0.29, 0.717) is 22.8 Å². The lowest BCUT2D eigenvalue weighted by molar-refractivity contribution is -0.122. The second-order valence-electron chi connectivity index (χ2n) is 7.22. The number of carbonyl (C=O) groups is 3. The van der Waals surface area contributed by atoms with E-state index in [0.717, 1.165) is 0 Å². The molecule has 1 atom stereocenters. The standard InChI is InChI=1S/C22H21N5O4/c1-14-12-19(28)23-17-10-6-7-11-18(17)26(14)20(29)13-31-22(30)21-15(2)24-27(25-21)16-8-4-3-5-9-16/h3-11,14H,12-13H2,1-2H3,(H,23,28)/t14-/m1/s1. The fraction of sp³-hybridized carbons (Fsp3) is 0.227. The number of ether oxygens (including phenoxy) is 1. The smallest absolute Gasteiger partial charge is 0.361 e. The molecule has 0 saturated heterocycles. The summed E-state index contributed by atoms with van der Waals surface area (Å²) >= 11 is 0. The number of para-hydroxylation sites is 3. The van der Waals surface area contributed by atoms with Crippen molar-refractivity contribution in [3.63, 3.8) is 0 Å². The predicted octanol–water partition coefficient (Wildman–Crippen LogP) is 2.50. The van der Waals surface area contributed by atoms with E-state index in [9.17, 15) is 14.4 Å². The second-order valence-corrected chi connectivity index (χ2v) is 7.22. The number of hydrogen-bond donors (Lipinski definition) is 1. The molecule has 2 aromatic carbocycles. The van der Waals surface area contributed by atoms with Gasteiger partial charge in [0, 0.05) is 12.5 Å². The van der Waals surface area contributed by atoms with E-state index in [2.05, 4.69) is 15.5 Å². The Balaban J connectivity index is 1.49. The summed E-state index contributed by atoms with van der Waals surface area (Å²) in [5, 5.41) is 11.2. The molecule has 0 spiro atoms. The molecular formula is C22H21N5O4. The van der Waals surface area contributed by atoms with E-state index in [1.54, 1.807) is 38.1 Å². The van der Waals surface area contributed by atoms with Crippen LogP contribution in [0.4, 0.5) is 11.4 Å². The quantitative estimate of drug-likeness (QED) is 0.651. The highest BCUT2D eigenvalue weighted by Crippen LogP contribution is 2.31. The molecule has 0 unspecified atom stereocenters. The summed E-state index contributed by atoms with van der Waals surface area (Å²) in [6.07, 6.45) is 0.138. The first-order valence-electron chi connectivity index (χ1n) is 9.81. The van der Waals surface area contributed by atoms with Gasteiger partial charge in [-0.25, -0.2) is 4.79 Å². The summed E-state index contributed by atoms with van der Waals surface area (Å²) in [5.74, 6) is -1.35. The van der Waals surface area contributed by atoms with Gasteiger partial charge in [0.25, 0.3) is 5.91 Å². The Morgan fingerprint density at radius 3 is 2.58 bits per heavy atom. The topological polar surface area (TPSA) is 106 Å². The fourth-order valence-electron chi connectivity index (χ4n) is 3.48. The number of hydrogen-bond acceptors (Lipinski definition) is 6. The molecule has 0 saturated carbocycles. The summed E-state index contributed by atoms with van der Waals surface area (Å²) in [5.41, 5.74) is 2.24. The van der Waals surface area contributed by atoms with Crippen molar-refractivity contribution in [1.82, 2.24) is 15.0 Å². The predicted molar refractivity (Wildman–Crippen MR) is 113 cm³/mol. The van der Waals surface area contributed by atoms with Gasteiger partial charge in [0.05, 0.1) is 22.8 Å². The molecule has 0 aliphatic carbocycles. The molecule has 9 nitrogen and oxygen atoms in total. The molecule has 1 aliphatic heterocycles. The number of nitrogens with one attached hydrogen (secondary N) is 1. The molecule has 158 valence electrons. The van der Waals surface area contributed by atoms with Gasteiger partial charge in [-0.05, 0) is 38.1 Å². The third kappa shape index (κ3) is 4.16. The van der Waals surface area contributed by atoms with E-state index in [1.165, 1.54) is 9.70 Å². The Bertz CT molecular complexity index is 1140. The van der Waals surface area contributed by atoms with E-state index >= 15 is 0 Å². The molecule has 9 heteroatoms. The zero-order valence-electron chi connectivity index (χ0n) is 17.1. The van der Waals surface area contributed by atoms with E-state index in [1.807, 2.05) is 30.3 Å². The molecule has 0 bridgehead atoms. The summed E-state index contributed by atoms with van der Waals surface area (Å²) in [6.45, 7) is 2.94. The van der Waals surface area contributed by atoms with Crippen molar-refractivity contribution in [2.75, 3.05) is 16.8 Å². The highest BCUT2D eigenvalue weighted by Gasteiger charge is 2.30. The van der Waals surface area contributed by atoms with Crippen molar-refractivity contribution in [3.8, 4) is 5.69 Å². The number of esters is 1. The first-order valence-corrected chi connectivity index (χ1v) is 9.81. The lowest BCUT2D eigenvalue weighted by Crippen LogP contribution is -2.41. The SMILES string of the molecule is Cc1nn(-c2ccccc2)nc1C(=O)OCC(=O)N1c2ccccc2NC(=O)C[C@H]1C. The van der Waals surface area contributed by atoms with Gasteiger partial charge < -0.3 is 15.0 Å². The lowest BCUT2D eigenvalue weighted by Gasteiger charge is -2.27. The van der Waals surface area contributed by atoms with E-state index in [4.69, 9.17) is 4.74 Å². The average molecular weight is 419 g/mol. The Hall–Kier alpha value is -4.01. The average Bonchev–Trinajstić information content (AvgIpc) is 3.09. The normalized spacial score (nSPS) is 15.6. The van der Waals surface area contributed by atoms with Gasteiger partial charge >= 0.3 is 5.97 Å². The van der Waals surface area contributed by atoms with Gasteiger partial charge in [-0.3, -0.25) is 9.59 Å². The van der Waals surface area contributed by atoms with Crippen LogP contribution in [0, 0.1) is 6.92 Å². The van der Waals surface area contributed by atoms with Crippen molar-refractivity contribution in [1.29, 1.82) is 0 Å². The van der Waals surface area contributed by atoms with Crippen LogP contribution < -0.4 is 10.2 Å². The van der Waals surface area contributed by atoms with E-state index < -0.39 is 24.5 Å². The number of aromatic nitrogens is 3. The largest absolute Gasteiger partial charge is 0.451 e. The molecule has 4 rings (SSSR count). The van der Waals surface area contributed by atoms with Crippen molar-refractivity contribution in [3.05, 3.63) is 66.0 Å². The highest BCUT2D eigenvalue weighted by atomic mass is 16.5. The van der Waals surface area contributed by atoms with Crippen LogP contribution in [0.1, 0.15) is 29.5 Å². The molecule has 3 aromatic rings. The van der Waals surface area contributed by atoms with Crippen LogP contribution in [0.5, 0.6) is 0 Å². The first kappa shape index (κ1) is 20.3. The molecule has 31 heavy (non-hydrogen) atoms. The van der Waals surface area contributed by atoms with Crippen molar-refractivity contribution >= 4 is 29.2 Å². The molecule has 1 aliphatic rings. The third-order valence-corrected chi connectivity index (χ3v) is 4.92. The maximum Gasteiger partial charge on any atom is 0.361 e. The van der Waals surface area contributed by atoms with Crippen LogP contribution in [0.2, 0.25) is 0 Å². The molecular weight excluding hydrogens is 398 g/mol. The number of aryl methyl sites for hydroxylation is 1. The van der Waals surface area contributed by atoms with Crippen LogP contribution in [-0.2, 0) is 14.3 Å². The molecule has 1 N–H and O–H groups in total. The molecule has 1 aromatic heterocycles. The Labute approximate surface area is 178 Å². The van der Waals surface area contributed by atoms with Crippen LogP contribution >= 0.6 is 0 Å². The Kier molecular flexibility index (Phi) is 5.48. The van der Waals surface area contributed by atoms with Crippen LogP contribution in [-0.4, -0.2) is 45.4 Å². The minimum absolute atomic E-state index is 0.0396. The number of benzene rings is 2. The van der Waals surface area contributed by atoms with Crippen LogP contribution in [0.15, 0.2) is 54.6 Å². The Morgan fingerprint density at radius 1 is 1.10 bits per heavy atom. The molecule has 2 amide bonds. The number of anilines is 2. The van der Waals surface area contributed by atoms with Gasteiger partial charge in [-0.1, -0.05) is 30.3 Å². The van der Waals surface area contributed by atoms with Crippen molar-refractivity contribution in [2.24, 2.45) is 0 Å². The molecule has 0 fully saturated rings. The molecule has 0 radical (unpaired) electrons. The minimum atomic E-state index is -0.738. The summed E-state index contributed by atoms with van der Waals surface area (Å²) in [7, 11) is 0. The lowest BCUT2D eigenvalue weighted by atomic mass is 10.1. The minimum Gasteiger partial charge on any atom is -0.451 e. The maximum atomic E-state index is 12.9. The molecule has 2 heterocycles. The fourth-order valence-corrected chi connectivity index (χ4v) is 3.48. The number of fused-ring (bicyclic) bond motifs is 1. The number of rotatable bonds is 4. The number of nitrogens with zero attached hydrogens (tertiary/aromatic N) is 4. The zero-order valence-corrected chi connectivity index (χ0v) is 17.1. The van der Waals surface area contributed by atoms with Crippen LogP contribution in [0.3, 0.4) is 0 Å². The highest BCUT2D eigenvalue weighted by molar-refractivity contribution is 6.05.